The molecule has 0 bridgehead atoms. The number of amides is 1. The highest BCUT2D eigenvalue weighted by atomic mass is 16.5. The van der Waals surface area contributed by atoms with Crippen LogP contribution in [0.25, 0.3) is 0 Å². The third-order valence-corrected chi connectivity index (χ3v) is 5.32. The van der Waals surface area contributed by atoms with E-state index < -0.39 is 0 Å². The third kappa shape index (κ3) is 4.22. The van der Waals surface area contributed by atoms with Crippen molar-refractivity contribution < 1.29 is 9.53 Å². The minimum atomic E-state index is -0.235. The molecule has 30 heavy (non-hydrogen) atoms. The molecule has 6 nitrogen and oxygen atoms in total. The van der Waals surface area contributed by atoms with Crippen LogP contribution in [0.3, 0.4) is 0 Å². The van der Waals surface area contributed by atoms with Gasteiger partial charge in [0.1, 0.15) is 12.4 Å². The van der Waals surface area contributed by atoms with E-state index in [1.807, 2.05) is 44.2 Å². The Balaban J connectivity index is 1.48. The van der Waals surface area contributed by atoms with Gasteiger partial charge in [0.05, 0.1) is 12.2 Å². The summed E-state index contributed by atoms with van der Waals surface area (Å²) in [6, 6.07) is 17.7. The van der Waals surface area contributed by atoms with Gasteiger partial charge in [0.2, 0.25) is 0 Å². The number of benzene rings is 2. The van der Waals surface area contributed by atoms with Gasteiger partial charge in [-0.2, -0.15) is 0 Å². The average Bonchev–Trinajstić information content (AvgIpc) is 2.73. The van der Waals surface area contributed by atoms with Crippen LogP contribution in [0.1, 0.15) is 32.7 Å². The maximum Gasteiger partial charge on any atom is 0.253 e. The number of anilines is 1. The van der Waals surface area contributed by atoms with E-state index in [4.69, 9.17) is 4.74 Å². The van der Waals surface area contributed by atoms with Gasteiger partial charge in [-0.05, 0) is 49.2 Å². The number of fused-ring (bicyclic) bond motifs is 1. The number of nitrogens with one attached hydrogen (secondary N) is 2. The highest BCUT2D eigenvalue weighted by Gasteiger charge is 2.20. The zero-order valence-corrected chi connectivity index (χ0v) is 17.2. The molecule has 2 aromatic carbocycles. The summed E-state index contributed by atoms with van der Waals surface area (Å²) in [4.78, 5) is 29.9. The standard InChI is InChI=1S/C24H25N3O3/c1-16-12-17(2)26-24(29)20(16)14-25-23(28)19-8-9-21-22(13-19)30-11-10-27(21)15-18-6-4-3-5-7-18/h3-9,12-13H,10-11,14-15H2,1-2H3,(H,25,28)(H,26,29). The van der Waals surface area contributed by atoms with E-state index >= 15 is 0 Å². The lowest BCUT2D eigenvalue weighted by Gasteiger charge is -2.31. The molecule has 1 aliphatic rings. The summed E-state index contributed by atoms with van der Waals surface area (Å²) < 4.78 is 5.82. The molecule has 4 rings (SSSR count). The van der Waals surface area contributed by atoms with Crippen molar-refractivity contribution in [3.63, 3.8) is 0 Å². The van der Waals surface area contributed by atoms with E-state index in [1.54, 1.807) is 12.1 Å². The summed E-state index contributed by atoms with van der Waals surface area (Å²) in [5.41, 5.74) is 4.78. The molecular weight excluding hydrogens is 378 g/mol. The molecule has 0 radical (unpaired) electrons. The molecule has 0 saturated heterocycles. The van der Waals surface area contributed by atoms with Gasteiger partial charge in [0, 0.05) is 29.9 Å². The largest absolute Gasteiger partial charge is 0.490 e. The first-order chi connectivity index (χ1) is 14.5. The first kappa shape index (κ1) is 19.8. The van der Waals surface area contributed by atoms with Crippen LogP contribution in [-0.2, 0) is 13.1 Å². The number of hydrogen-bond donors (Lipinski definition) is 2. The Morgan fingerprint density at radius 3 is 2.70 bits per heavy atom. The Hall–Kier alpha value is -3.54. The summed E-state index contributed by atoms with van der Waals surface area (Å²) in [7, 11) is 0. The maximum absolute atomic E-state index is 12.7. The van der Waals surface area contributed by atoms with Crippen molar-refractivity contribution in [1.29, 1.82) is 0 Å². The van der Waals surface area contributed by atoms with Gasteiger partial charge in [0.15, 0.2) is 0 Å². The normalized spacial score (nSPS) is 12.8. The minimum absolute atomic E-state index is 0.168. The summed E-state index contributed by atoms with van der Waals surface area (Å²) >= 11 is 0. The van der Waals surface area contributed by atoms with E-state index in [2.05, 4.69) is 27.3 Å². The first-order valence-corrected chi connectivity index (χ1v) is 10.0. The lowest BCUT2D eigenvalue weighted by Crippen LogP contribution is -2.32. The number of nitrogens with zero attached hydrogens (tertiary/aromatic N) is 1. The number of aryl methyl sites for hydroxylation is 2. The molecule has 1 aliphatic heterocycles. The fourth-order valence-electron chi connectivity index (χ4n) is 3.76. The van der Waals surface area contributed by atoms with Crippen LogP contribution in [0.5, 0.6) is 5.75 Å². The predicted octanol–water partition coefficient (Wildman–Crippen LogP) is 3.32. The van der Waals surface area contributed by atoms with Gasteiger partial charge in [-0.15, -0.1) is 0 Å². The first-order valence-electron chi connectivity index (χ1n) is 10.0. The van der Waals surface area contributed by atoms with Crippen LogP contribution in [0.4, 0.5) is 5.69 Å². The summed E-state index contributed by atoms with van der Waals surface area (Å²) in [6.07, 6.45) is 0. The predicted molar refractivity (Wildman–Crippen MR) is 117 cm³/mol. The smallest absolute Gasteiger partial charge is 0.253 e. The van der Waals surface area contributed by atoms with Gasteiger partial charge in [0.25, 0.3) is 11.5 Å². The average molecular weight is 403 g/mol. The molecule has 1 aromatic heterocycles. The van der Waals surface area contributed by atoms with E-state index in [0.717, 1.165) is 30.0 Å². The molecule has 0 fully saturated rings. The SMILES string of the molecule is Cc1cc(C)c(CNC(=O)c2ccc3c(c2)OCCN3Cc2ccccc2)c(=O)[nH]1. The van der Waals surface area contributed by atoms with E-state index in [1.165, 1.54) is 5.56 Å². The number of rotatable bonds is 5. The van der Waals surface area contributed by atoms with Crippen molar-refractivity contribution in [2.45, 2.75) is 26.9 Å². The zero-order chi connectivity index (χ0) is 21.1. The monoisotopic (exact) mass is 403 g/mol. The van der Waals surface area contributed by atoms with Crippen molar-refractivity contribution >= 4 is 11.6 Å². The highest BCUT2D eigenvalue weighted by molar-refractivity contribution is 5.95. The maximum atomic E-state index is 12.7. The quantitative estimate of drug-likeness (QED) is 0.685. The van der Waals surface area contributed by atoms with Crippen molar-refractivity contribution in [3.8, 4) is 5.75 Å². The molecule has 1 amide bonds. The molecule has 0 aliphatic carbocycles. The molecule has 2 N–H and O–H groups in total. The van der Waals surface area contributed by atoms with Crippen LogP contribution in [0, 0.1) is 13.8 Å². The van der Waals surface area contributed by atoms with Crippen molar-refractivity contribution in [1.82, 2.24) is 10.3 Å². The summed E-state index contributed by atoms with van der Waals surface area (Å²) in [5.74, 6) is 0.468. The molecule has 0 spiro atoms. The zero-order valence-electron chi connectivity index (χ0n) is 17.2. The fraction of sp³-hybridized carbons (Fsp3) is 0.250. The van der Waals surface area contributed by atoms with Gasteiger partial charge < -0.3 is 19.9 Å². The van der Waals surface area contributed by atoms with Gasteiger partial charge in [-0.3, -0.25) is 9.59 Å². The second-order valence-corrected chi connectivity index (χ2v) is 7.56. The Morgan fingerprint density at radius 2 is 1.93 bits per heavy atom. The number of carbonyl (C=O) groups excluding carboxylic acids is 1. The molecule has 6 heteroatoms. The molecular formula is C24H25N3O3. The highest BCUT2D eigenvalue weighted by Crippen LogP contribution is 2.33. The van der Waals surface area contributed by atoms with Gasteiger partial charge in [-0.25, -0.2) is 0 Å². The topological polar surface area (TPSA) is 74.4 Å². The Morgan fingerprint density at radius 1 is 1.13 bits per heavy atom. The number of H-pyrrole nitrogens is 1. The number of aromatic amines is 1. The second kappa shape index (κ2) is 8.45. The van der Waals surface area contributed by atoms with Crippen molar-refractivity contribution in [3.05, 3.63) is 92.9 Å². The van der Waals surface area contributed by atoms with E-state index in [-0.39, 0.29) is 18.0 Å². The lowest BCUT2D eigenvalue weighted by atomic mass is 10.1. The minimum Gasteiger partial charge on any atom is -0.490 e. The number of carbonyl (C=O) groups is 1. The molecule has 3 aromatic rings. The lowest BCUT2D eigenvalue weighted by molar-refractivity contribution is 0.0950. The fourth-order valence-corrected chi connectivity index (χ4v) is 3.76. The van der Waals surface area contributed by atoms with Crippen LogP contribution in [0.15, 0.2) is 59.4 Å². The van der Waals surface area contributed by atoms with Crippen LogP contribution >= 0.6 is 0 Å². The summed E-state index contributed by atoms with van der Waals surface area (Å²) in [6.45, 7) is 6.05. The second-order valence-electron chi connectivity index (χ2n) is 7.56. The molecule has 154 valence electrons. The molecule has 0 unspecified atom stereocenters. The van der Waals surface area contributed by atoms with Crippen molar-refractivity contribution in [2.24, 2.45) is 0 Å². The molecule has 0 saturated carbocycles. The van der Waals surface area contributed by atoms with Gasteiger partial charge >= 0.3 is 0 Å². The Kier molecular flexibility index (Phi) is 5.57. The van der Waals surface area contributed by atoms with Gasteiger partial charge in [-0.1, -0.05) is 30.3 Å². The number of pyridine rings is 1. The third-order valence-electron chi connectivity index (χ3n) is 5.32. The number of hydrogen-bond acceptors (Lipinski definition) is 4. The van der Waals surface area contributed by atoms with Crippen LogP contribution < -0.4 is 20.5 Å². The van der Waals surface area contributed by atoms with E-state index in [9.17, 15) is 9.59 Å². The van der Waals surface area contributed by atoms with Crippen molar-refractivity contribution in [2.75, 3.05) is 18.1 Å². The van der Waals surface area contributed by atoms with Crippen LogP contribution in [0.2, 0.25) is 0 Å². The number of ether oxygens (including phenoxy) is 1. The van der Waals surface area contributed by atoms with Crippen LogP contribution in [-0.4, -0.2) is 24.0 Å². The van der Waals surface area contributed by atoms with E-state index in [0.29, 0.717) is 23.5 Å². The Labute approximate surface area is 175 Å². The molecule has 0 atom stereocenters. The summed E-state index contributed by atoms with van der Waals surface area (Å²) in [5, 5.41) is 2.85. The Bertz CT molecular complexity index is 1120. The molecule has 2 heterocycles. The number of aromatic nitrogens is 1.